The van der Waals surface area contributed by atoms with E-state index in [9.17, 15) is 8.42 Å². The number of sulfone groups is 1. The average molecular weight is 266 g/mol. The lowest BCUT2D eigenvalue weighted by atomic mass is 10.2. The van der Waals surface area contributed by atoms with E-state index < -0.39 is 9.84 Å². The lowest BCUT2D eigenvalue weighted by molar-refractivity contribution is 0.344. The summed E-state index contributed by atoms with van der Waals surface area (Å²) in [5, 5.41) is 3.32. The van der Waals surface area contributed by atoms with Gasteiger partial charge in [-0.3, -0.25) is 0 Å². The minimum Gasteiger partial charge on any atom is -0.312 e. The summed E-state index contributed by atoms with van der Waals surface area (Å²) in [4.78, 5) is 2.27. The Hall–Kier alpha value is 0.220. The van der Waals surface area contributed by atoms with Gasteiger partial charge in [0.05, 0.1) is 11.5 Å². The molecule has 1 heterocycles. The van der Waals surface area contributed by atoms with Crippen LogP contribution in [0.2, 0.25) is 0 Å². The second-order valence-electron chi connectivity index (χ2n) is 4.35. The molecule has 0 aliphatic carbocycles. The monoisotopic (exact) mass is 266 g/mol. The SMILES string of the molecule is CSCCN(C)CCNC1CCS(=O)(=O)C1. The van der Waals surface area contributed by atoms with E-state index in [4.69, 9.17) is 0 Å². The number of nitrogens with one attached hydrogen (secondary N) is 1. The van der Waals surface area contributed by atoms with E-state index in [1.165, 1.54) is 0 Å². The van der Waals surface area contributed by atoms with Crippen LogP contribution in [0.3, 0.4) is 0 Å². The van der Waals surface area contributed by atoms with Gasteiger partial charge in [0.1, 0.15) is 0 Å². The molecule has 0 aromatic carbocycles. The van der Waals surface area contributed by atoms with Crippen molar-refractivity contribution < 1.29 is 8.42 Å². The molecule has 1 N–H and O–H groups in total. The summed E-state index contributed by atoms with van der Waals surface area (Å²) in [5.41, 5.74) is 0. The van der Waals surface area contributed by atoms with Crippen molar-refractivity contribution in [2.24, 2.45) is 0 Å². The molecule has 96 valence electrons. The van der Waals surface area contributed by atoms with E-state index in [1.807, 2.05) is 11.8 Å². The van der Waals surface area contributed by atoms with E-state index in [0.717, 1.165) is 31.8 Å². The molecule has 0 saturated carbocycles. The van der Waals surface area contributed by atoms with Crippen LogP contribution in [-0.4, -0.2) is 69.6 Å². The quantitative estimate of drug-likeness (QED) is 0.706. The Labute approximate surface area is 103 Å². The molecule has 1 unspecified atom stereocenters. The summed E-state index contributed by atoms with van der Waals surface area (Å²) in [7, 11) is -0.639. The Morgan fingerprint density at radius 1 is 1.44 bits per heavy atom. The number of rotatable bonds is 7. The average Bonchev–Trinajstić information content (AvgIpc) is 2.55. The molecular weight excluding hydrogens is 244 g/mol. The van der Waals surface area contributed by atoms with Crippen LogP contribution in [0.15, 0.2) is 0 Å². The fourth-order valence-electron chi connectivity index (χ4n) is 1.77. The van der Waals surface area contributed by atoms with Crippen molar-refractivity contribution in [3.05, 3.63) is 0 Å². The van der Waals surface area contributed by atoms with Crippen LogP contribution in [0.4, 0.5) is 0 Å². The van der Waals surface area contributed by atoms with Gasteiger partial charge in [0.25, 0.3) is 0 Å². The molecule has 0 aromatic rings. The fourth-order valence-corrected chi connectivity index (χ4v) is 3.98. The second kappa shape index (κ2) is 6.83. The molecule has 0 amide bonds. The highest BCUT2D eigenvalue weighted by atomic mass is 32.2. The molecule has 0 aromatic heterocycles. The van der Waals surface area contributed by atoms with Gasteiger partial charge >= 0.3 is 0 Å². The third-order valence-electron chi connectivity index (χ3n) is 2.84. The maximum atomic E-state index is 11.2. The molecule has 1 aliphatic rings. The number of thioether (sulfide) groups is 1. The van der Waals surface area contributed by atoms with E-state index in [1.54, 1.807) is 0 Å². The largest absolute Gasteiger partial charge is 0.312 e. The Bertz CT molecular complexity index is 293. The van der Waals surface area contributed by atoms with Crippen LogP contribution in [0.25, 0.3) is 0 Å². The van der Waals surface area contributed by atoms with Crippen molar-refractivity contribution in [2.45, 2.75) is 12.5 Å². The molecule has 1 rings (SSSR count). The molecule has 1 fully saturated rings. The maximum Gasteiger partial charge on any atom is 0.151 e. The predicted octanol–water partition coefficient (Wildman–Crippen LogP) is 0.0579. The number of likely N-dealkylation sites (N-methyl/N-ethyl adjacent to an activating group) is 1. The topological polar surface area (TPSA) is 49.4 Å². The van der Waals surface area contributed by atoms with Gasteiger partial charge in [0.15, 0.2) is 9.84 Å². The number of hydrogen-bond donors (Lipinski definition) is 1. The van der Waals surface area contributed by atoms with E-state index in [-0.39, 0.29) is 6.04 Å². The van der Waals surface area contributed by atoms with E-state index in [0.29, 0.717) is 11.5 Å². The molecule has 1 atom stereocenters. The lowest BCUT2D eigenvalue weighted by Gasteiger charge is -2.17. The zero-order chi connectivity index (χ0) is 12.0. The predicted molar refractivity (Wildman–Crippen MR) is 70.9 cm³/mol. The highest BCUT2D eigenvalue weighted by Crippen LogP contribution is 2.10. The van der Waals surface area contributed by atoms with Gasteiger partial charge in [0.2, 0.25) is 0 Å². The molecule has 16 heavy (non-hydrogen) atoms. The van der Waals surface area contributed by atoms with Crippen LogP contribution in [0, 0.1) is 0 Å². The smallest absolute Gasteiger partial charge is 0.151 e. The van der Waals surface area contributed by atoms with Gasteiger partial charge in [-0.15, -0.1) is 0 Å². The van der Waals surface area contributed by atoms with Crippen LogP contribution in [0.5, 0.6) is 0 Å². The maximum absolute atomic E-state index is 11.2. The van der Waals surface area contributed by atoms with Crippen molar-refractivity contribution in [2.75, 3.05) is 50.2 Å². The summed E-state index contributed by atoms with van der Waals surface area (Å²) < 4.78 is 22.5. The van der Waals surface area contributed by atoms with Gasteiger partial charge in [-0.1, -0.05) is 0 Å². The van der Waals surface area contributed by atoms with E-state index in [2.05, 4.69) is 23.5 Å². The highest BCUT2D eigenvalue weighted by molar-refractivity contribution is 7.98. The molecule has 0 radical (unpaired) electrons. The van der Waals surface area contributed by atoms with Crippen LogP contribution >= 0.6 is 11.8 Å². The van der Waals surface area contributed by atoms with Crippen molar-refractivity contribution >= 4 is 21.6 Å². The molecule has 1 aliphatic heterocycles. The minimum atomic E-state index is -2.74. The molecule has 4 nitrogen and oxygen atoms in total. The van der Waals surface area contributed by atoms with Gasteiger partial charge in [-0.25, -0.2) is 8.42 Å². The fraction of sp³-hybridized carbons (Fsp3) is 1.00. The van der Waals surface area contributed by atoms with Gasteiger partial charge in [-0.2, -0.15) is 11.8 Å². The summed E-state index contributed by atoms with van der Waals surface area (Å²) in [6.45, 7) is 2.95. The molecule has 6 heteroatoms. The van der Waals surface area contributed by atoms with Crippen LogP contribution in [-0.2, 0) is 9.84 Å². The first-order chi connectivity index (χ1) is 7.53. The minimum absolute atomic E-state index is 0.180. The molecule has 0 bridgehead atoms. The second-order valence-corrected chi connectivity index (χ2v) is 7.56. The third-order valence-corrected chi connectivity index (χ3v) is 5.19. The van der Waals surface area contributed by atoms with E-state index >= 15 is 0 Å². The number of hydrogen-bond acceptors (Lipinski definition) is 5. The van der Waals surface area contributed by atoms with Crippen LogP contribution in [0.1, 0.15) is 6.42 Å². The van der Waals surface area contributed by atoms with Crippen molar-refractivity contribution in [1.82, 2.24) is 10.2 Å². The normalized spacial score (nSPS) is 24.1. The first-order valence-electron chi connectivity index (χ1n) is 5.65. The van der Waals surface area contributed by atoms with Gasteiger partial charge < -0.3 is 10.2 Å². The molecule has 0 spiro atoms. The zero-order valence-corrected chi connectivity index (χ0v) is 11.7. The van der Waals surface area contributed by atoms with Gasteiger partial charge in [0, 0.05) is 31.4 Å². The Kier molecular flexibility index (Phi) is 6.10. The van der Waals surface area contributed by atoms with Crippen molar-refractivity contribution in [1.29, 1.82) is 0 Å². The summed E-state index contributed by atoms with van der Waals surface area (Å²) in [6, 6.07) is 0.180. The van der Waals surface area contributed by atoms with Crippen molar-refractivity contribution in [3.63, 3.8) is 0 Å². The van der Waals surface area contributed by atoms with Crippen LogP contribution < -0.4 is 5.32 Å². The van der Waals surface area contributed by atoms with Crippen molar-refractivity contribution in [3.8, 4) is 0 Å². The Morgan fingerprint density at radius 2 is 2.19 bits per heavy atom. The lowest BCUT2D eigenvalue weighted by Crippen LogP contribution is -2.37. The first kappa shape index (κ1) is 14.3. The third kappa shape index (κ3) is 5.52. The Morgan fingerprint density at radius 3 is 2.75 bits per heavy atom. The zero-order valence-electron chi connectivity index (χ0n) is 10.1. The molecular formula is C10H22N2O2S2. The standard InChI is InChI=1S/C10H22N2O2S2/c1-12(6-7-15-2)5-4-11-10-3-8-16(13,14)9-10/h10-11H,3-9H2,1-2H3. The molecule has 1 saturated heterocycles. The summed E-state index contributed by atoms with van der Waals surface area (Å²) >= 11 is 1.85. The van der Waals surface area contributed by atoms with Gasteiger partial charge in [-0.05, 0) is 19.7 Å². The number of nitrogens with zero attached hydrogens (tertiary/aromatic N) is 1. The Balaban J connectivity index is 2.08. The first-order valence-corrected chi connectivity index (χ1v) is 8.86. The summed E-state index contributed by atoms with van der Waals surface area (Å²) in [5.74, 6) is 1.82. The highest BCUT2D eigenvalue weighted by Gasteiger charge is 2.26. The summed E-state index contributed by atoms with van der Waals surface area (Å²) in [6.07, 6.45) is 2.88.